The molecular weight excluding hydrogens is 214 g/mol. The molecule has 3 nitrogen and oxygen atoms in total. The zero-order chi connectivity index (χ0) is 12.5. The average molecular weight is 235 g/mol. The normalized spacial score (nSPS) is 17.2. The Morgan fingerprint density at radius 1 is 1.41 bits per heavy atom. The third kappa shape index (κ3) is 2.31. The van der Waals surface area contributed by atoms with Crippen LogP contribution in [0.5, 0.6) is 5.75 Å². The van der Waals surface area contributed by atoms with Crippen molar-refractivity contribution in [3.8, 4) is 5.75 Å². The van der Waals surface area contributed by atoms with Crippen molar-refractivity contribution in [1.82, 2.24) is 0 Å². The van der Waals surface area contributed by atoms with Gasteiger partial charge >= 0.3 is 0 Å². The van der Waals surface area contributed by atoms with Crippen LogP contribution in [0.15, 0.2) is 18.2 Å². The van der Waals surface area contributed by atoms with Crippen LogP contribution in [0.1, 0.15) is 37.4 Å². The summed E-state index contributed by atoms with van der Waals surface area (Å²) in [5.74, 6) is 0.969. The van der Waals surface area contributed by atoms with Crippen molar-refractivity contribution in [3.05, 3.63) is 29.3 Å². The van der Waals surface area contributed by atoms with E-state index in [0.29, 0.717) is 0 Å². The Morgan fingerprint density at radius 2 is 2.18 bits per heavy atom. The van der Waals surface area contributed by atoms with Crippen LogP contribution in [0.4, 0.5) is 0 Å². The Hall–Kier alpha value is -1.06. The fourth-order valence-corrected chi connectivity index (χ4v) is 2.16. The van der Waals surface area contributed by atoms with Crippen molar-refractivity contribution in [1.29, 1.82) is 0 Å². The monoisotopic (exact) mass is 235 g/mol. The molecule has 0 radical (unpaired) electrons. The Labute approximate surface area is 103 Å². The van der Waals surface area contributed by atoms with Gasteiger partial charge in [0.1, 0.15) is 5.75 Å². The summed E-state index contributed by atoms with van der Waals surface area (Å²) in [4.78, 5) is 0. The fourth-order valence-electron chi connectivity index (χ4n) is 2.16. The van der Waals surface area contributed by atoms with Crippen molar-refractivity contribution in [2.45, 2.75) is 38.3 Å². The molecule has 1 heterocycles. The van der Waals surface area contributed by atoms with Crippen LogP contribution in [0, 0.1) is 0 Å². The molecule has 2 N–H and O–H groups in total. The first-order chi connectivity index (χ1) is 8.06. The molecule has 1 aliphatic heterocycles. The second kappa shape index (κ2) is 4.67. The second-order valence-electron chi connectivity index (χ2n) is 5.07. The zero-order valence-electron chi connectivity index (χ0n) is 10.8. The van der Waals surface area contributed by atoms with E-state index in [1.165, 1.54) is 5.56 Å². The molecule has 2 rings (SSSR count). The Morgan fingerprint density at radius 3 is 2.88 bits per heavy atom. The number of benzene rings is 1. The number of fused-ring (bicyclic) bond motifs is 1. The molecule has 17 heavy (non-hydrogen) atoms. The lowest BCUT2D eigenvalue weighted by Gasteiger charge is -2.32. The summed E-state index contributed by atoms with van der Waals surface area (Å²) in [7, 11) is 1.69. The maximum absolute atomic E-state index is 6.30. The molecule has 94 valence electrons. The van der Waals surface area contributed by atoms with Crippen molar-refractivity contribution < 1.29 is 9.47 Å². The highest BCUT2D eigenvalue weighted by Crippen LogP contribution is 2.36. The number of rotatable bonds is 3. The summed E-state index contributed by atoms with van der Waals surface area (Å²) in [6, 6.07) is 6.02. The minimum absolute atomic E-state index is 0.180. The van der Waals surface area contributed by atoms with Gasteiger partial charge in [-0.15, -0.1) is 0 Å². The number of nitrogens with two attached hydrogens (primary N) is 1. The zero-order valence-corrected chi connectivity index (χ0v) is 10.8. The third-order valence-corrected chi connectivity index (χ3v) is 3.57. The summed E-state index contributed by atoms with van der Waals surface area (Å²) in [6.07, 6.45) is 2.16. The Kier molecular flexibility index (Phi) is 3.40. The van der Waals surface area contributed by atoms with Gasteiger partial charge in [0, 0.05) is 12.7 Å². The molecule has 0 saturated heterocycles. The van der Waals surface area contributed by atoms with Gasteiger partial charge < -0.3 is 15.2 Å². The fraction of sp³-hybridized carbons (Fsp3) is 0.571. The van der Waals surface area contributed by atoms with E-state index < -0.39 is 5.60 Å². The first-order valence-corrected chi connectivity index (χ1v) is 6.11. The van der Waals surface area contributed by atoms with E-state index in [9.17, 15) is 0 Å². The molecule has 0 saturated carbocycles. The maximum atomic E-state index is 6.30. The molecule has 1 atom stereocenters. The number of hydrogen-bond donors (Lipinski definition) is 1. The summed E-state index contributed by atoms with van der Waals surface area (Å²) in [5.41, 5.74) is 8.22. The SMILES string of the molecule is COC(C)(C)C(N)c1cccc2c1OCCC2. The molecular formula is C14H21NO2. The minimum Gasteiger partial charge on any atom is -0.493 e. The van der Waals surface area contributed by atoms with Crippen LogP contribution in [0.2, 0.25) is 0 Å². The summed E-state index contributed by atoms with van der Waals surface area (Å²) in [5, 5.41) is 0. The summed E-state index contributed by atoms with van der Waals surface area (Å²) in [6.45, 7) is 4.78. The van der Waals surface area contributed by atoms with Crippen LogP contribution in [-0.2, 0) is 11.2 Å². The number of aryl methyl sites for hydroxylation is 1. The van der Waals surface area contributed by atoms with Crippen molar-refractivity contribution in [2.24, 2.45) is 5.73 Å². The smallest absolute Gasteiger partial charge is 0.127 e. The molecule has 1 unspecified atom stereocenters. The molecule has 0 aromatic heterocycles. The lowest BCUT2D eigenvalue weighted by molar-refractivity contribution is -0.000825. The highest BCUT2D eigenvalue weighted by Gasteiger charge is 2.30. The number of hydrogen-bond acceptors (Lipinski definition) is 3. The van der Waals surface area contributed by atoms with Gasteiger partial charge in [-0.25, -0.2) is 0 Å². The van der Waals surface area contributed by atoms with Crippen molar-refractivity contribution in [3.63, 3.8) is 0 Å². The van der Waals surface area contributed by atoms with Crippen LogP contribution in [-0.4, -0.2) is 19.3 Å². The van der Waals surface area contributed by atoms with Crippen molar-refractivity contribution >= 4 is 0 Å². The van der Waals surface area contributed by atoms with Crippen LogP contribution >= 0.6 is 0 Å². The van der Waals surface area contributed by atoms with Gasteiger partial charge in [-0.1, -0.05) is 18.2 Å². The summed E-state index contributed by atoms with van der Waals surface area (Å²) >= 11 is 0. The molecule has 0 amide bonds. The molecule has 1 aromatic carbocycles. The van der Waals surface area contributed by atoms with Crippen LogP contribution in [0.3, 0.4) is 0 Å². The average Bonchev–Trinajstić information content (AvgIpc) is 2.37. The van der Waals surface area contributed by atoms with Crippen molar-refractivity contribution in [2.75, 3.05) is 13.7 Å². The Bertz CT molecular complexity index is 401. The molecule has 1 aliphatic rings. The third-order valence-electron chi connectivity index (χ3n) is 3.57. The molecule has 1 aromatic rings. The molecule has 0 bridgehead atoms. The van der Waals surface area contributed by atoms with E-state index in [1.807, 2.05) is 19.9 Å². The molecule has 0 fully saturated rings. The predicted molar refractivity (Wildman–Crippen MR) is 68.3 cm³/mol. The number of methoxy groups -OCH3 is 1. The van der Waals surface area contributed by atoms with Gasteiger partial charge in [-0.3, -0.25) is 0 Å². The minimum atomic E-state index is -0.393. The largest absolute Gasteiger partial charge is 0.493 e. The van der Waals surface area contributed by atoms with Gasteiger partial charge in [-0.2, -0.15) is 0 Å². The van der Waals surface area contributed by atoms with E-state index in [4.69, 9.17) is 15.2 Å². The maximum Gasteiger partial charge on any atom is 0.127 e. The summed E-state index contributed by atoms with van der Waals surface area (Å²) < 4.78 is 11.2. The number of para-hydroxylation sites is 1. The van der Waals surface area contributed by atoms with Gasteiger partial charge in [0.2, 0.25) is 0 Å². The lowest BCUT2D eigenvalue weighted by atomic mass is 9.89. The molecule has 3 heteroatoms. The van der Waals surface area contributed by atoms with Gasteiger partial charge in [0.05, 0.1) is 18.2 Å². The van der Waals surface area contributed by atoms with E-state index in [0.717, 1.165) is 30.8 Å². The van der Waals surface area contributed by atoms with E-state index in [-0.39, 0.29) is 6.04 Å². The highest BCUT2D eigenvalue weighted by atomic mass is 16.5. The van der Waals surface area contributed by atoms with Crippen LogP contribution < -0.4 is 10.5 Å². The molecule has 0 aliphatic carbocycles. The standard InChI is InChI=1S/C14H21NO2/c1-14(2,16-3)13(15)11-8-4-6-10-7-5-9-17-12(10)11/h4,6,8,13H,5,7,9,15H2,1-3H3. The van der Waals surface area contributed by atoms with E-state index >= 15 is 0 Å². The van der Waals surface area contributed by atoms with Gasteiger partial charge in [0.25, 0.3) is 0 Å². The number of ether oxygens (including phenoxy) is 2. The first kappa shape index (κ1) is 12.4. The topological polar surface area (TPSA) is 44.5 Å². The molecule has 0 spiro atoms. The van der Waals surface area contributed by atoms with E-state index in [2.05, 4.69) is 12.1 Å². The second-order valence-corrected chi connectivity index (χ2v) is 5.07. The highest BCUT2D eigenvalue weighted by molar-refractivity contribution is 5.45. The van der Waals surface area contributed by atoms with Crippen LogP contribution in [0.25, 0.3) is 0 Å². The lowest BCUT2D eigenvalue weighted by Crippen LogP contribution is -2.37. The Balaban J connectivity index is 2.39. The van der Waals surface area contributed by atoms with Gasteiger partial charge in [0.15, 0.2) is 0 Å². The first-order valence-electron chi connectivity index (χ1n) is 6.11. The van der Waals surface area contributed by atoms with Gasteiger partial charge in [-0.05, 0) is 32.3 Å². The quantitative estimate of drug-likeness (QED) is 0.875. The predicted octanol–water partition coefficient (Wildman–Crippen LogP) is 2.44. The van der Waals surface area contributed by atoms with E-state index in [1.54, 1.807) is 7.11 Å².